The van der Waals surface area contributed by atoms with E-state index in [0.29, 0.717) is 31.5 Å². The Hall–Kier alpha value is -2.83. The van der Waals surface area contributed by atoms with Gasteiger partial charge in [-0.05, 0) is 50.3 Å². The molecule has 2 aromatic rings. The number of anilines is 1. The Bertz CT molecular complexity index is 957. The van der Waals surface area contributed by atoms with Gasteiger partial charge in [0.05, 0.1) is 0 Å². The highest BCUT2D eigenvalue weighted by molar-refractivity contribution is 5.69. The Kier molecular flexibility index (Phi) is 4.61. The van der Waals surface area contributed by atoms with Crippen LogP contribution in [0.5, 0.6) is 0 Å². The molecule has 1 aromatic carbocycles. The Morgan fingerprint density at radius 1 is 1.25 bits per heavy atom. The molecule has 1 N–H and O–H groups in total. The van der Waals surface area contributed by atoms with E-state index in [1.54, 1.807) is 21.9 Å². The number of hydrogen-bond acceptors (Lipinski definition) is 5. The summed E-state index contributed by atoms with van der Waals surface area (Å²) in [4.78, 5) is 30.7. The van der Waals surface area contributed by atoms with E-state index < -0.39 is 5.60 Å². The number of ether oxygens (including phenoxy) is 1. The van der Waals surface area contributed by atoms with Gasteiger partial charge in [0.25, 0.3) is 5.56 Å². The molecule has 7 nitrogen and oxygen atoms in total. The standard InChI is InChI=1S/C21H26N4O3/c1-21(2,3)28-20(27)24-12-15-5-4-14(10-16(15)13-24)11-23-18-19(26)25(9-8-22-18)17-6-7-17/h4-5,8-10,17H,6-7,11-13H2,1-3H3,(H,22,23). The number of carbonyl (C=O) groups is 1. The Balaban J connectivity index is 1.41. The normalized spacial score (nSPS) is 16.0. The van der Waals surface area contributed by atoms with Gasteiger partial charge < -0.3 is 14.6 Å². The predicted octanol–water partition coefficient (Wildman–Crippen LogP) is 3.44. The quantitative estimate of drug-likeness (QED) is 0.877. The number of rotatable bonds is 4. The fourth-order valence-electron chi connectivity index (χ4n) is 3.39. The molecule has 2 aliphatic rings. The largest absolute Gasteiger partial charge is 0.444 e. The number of amides is 1. The maximum absolute atomic E-state index is 12.5. The van der Waals surface area contributed by atoms with E-state index in [2.05, 4.69) is 16.4 Å². The smallest absolute Gasteiger partial charge is 0.410 e. The molecule has 0 radical (unpaired) electrons. The third-order valence-electron chi connectivity index (χ3n) is 4.91. The second-order valence-corrected chi connectivity index (χ2v) is 8.51. The van der Waals surface area contributed by atoms with Gasteiger partial charge in [0.1, 0.15) is 5.60 Å². The lowest BCUT2D eigenvalue weighted by molar-refractivity contribution is 0.0242. The highest BCUT2D eigenvalue weighted by Crippen LogP contribution is 2.33. The molecule has 1 saturated carbocycles. The van der Waals surface area contributed by atoms with Crippen molar-refractivity contribution < 1.29 is 9.53 Å². The van der Waals surface area contributed by atoms with E-state index >= 15 is 0 Å². The number of nitrogens with one attached hydrogen (secondary N) is 1. The van der Waals surface area contributed by atoms with Crippen LogP contribution in [-0.2, 0) is 24.4 Å². The molecule has 0 bridgehead atoms. The van der Waals surface area contributed by atoms with Crippen LogP contribution in [0.25, 0.3) is 0 Å². The lowest BCUT2D eigenvalue weighted by Gasteiger charge is -2.24. The van der Waals surface area contributed by atoms with Gasteiger partial charge >= 0.3 is 6.09 Å². The summed E-state index contributed by atoms with van der Waals surface area (Å²) in [6.45, 7) is 7.21. The van der Waals surface area contributed by atoms with Crippen LogP contribution in [0.3, 0.4) is 0 Å². The lowest BCUT2D eigenvalue weighted by Crippen LogP contribution is -2.33. The van der Waals surface area contributed by atoms with Crippen molar-refractivity contribution in [3.8, 4) is 0 Å². The van der Waals surface area contributed by atoms with Crippen LogP contribution in [0.4, 0.5) is 10.6 Å². The number of benzene rings is 1. The molecular weight excluding hydrogens is 356 g/mol. The van der Waals surface area contributed by atoms with Crippen molar-refractivity contribution in [3.63, 3.8) is 0 Å². The highest BCUT2D eigenvalue weighted by Gasteiger charge is 2.28. The van der Waals surface area contributed by atoms with Gasteiger partial charge in [0.15, 0.2) is 5.82 Å². The van der Waals surface area contributed by atoms with E-state index in [0.717, 1.165) is 29.5 Å². The fourth-order valence-corrected chi connectivity index (χ4v) is 3.39. The molecule has 0 atom stereocenters. The molecule has 0 unspecified atom stereocenters. The average molecular weight is 382 g/mol. The number of aromatic nitrogens is 2. The van der Waals surface area contributed by atoms with Crippen molar-refractivity contribution in [1.29, 1.82) is 0 Å². The van der Waals surface area contributed by atoms with Gasteiger partial charge in [0.2, 0.25) is 0 Å². The molecule has 1 aliphatic heterocycles. The summed E-state index contributed by atoms with van der Waals surface area (Å²) in [6.07, 6.45) is 5.25. The maximum Gasteiger partial charge on any atom is 0.410 e. The van der Waals surface area contributed by atoms with E-state index in [-0.39, 0.29) is 11.7 Å². The Morgan fingerprint density at radius 2 is 2.00 bits per heavy atom. The molecule has 4 rings (SSSR count). The third-order valence-corrected chi connectivity index (χ3v) is 4.91. The first-order valence-corrected chi connectivity index (χ1v) is 9.70. The van der Waals surface area contributed by atoms with Crippen molar-refractivity contribution in [2.45, 2.75) is 64.9 Å². The van der Waals surface area contributed by atoms with Crippen molar-refractivity contribution in [2.75, 3.05) is 5.32 Å². The summed E-state index contributed by atoms with van der Waals surface area (Å²) >= 11 is 0. The van der Waals surface area contributed by atoms with Crippen LogP contribution in [0.2, 0.25) is 0 Å². The van der Waals surface area contributed by atoms with Crippen molar-refractivity contribution >= 4 is 11.9 Å². The molecule has 0 spiro atoms. The van der Waals surface area contributed by atoms with Crippen LogP contribution in [-0.4, -0.2) is 26.1 Å². The van der Waals surface area contributed by atoms with Crippen molar-refractivity contribution in [1.82, 2.24) is 14.5 Å². The maximum atomic E-state index is 12.5. The average Bonchev–Trinajstić information content (AvgIpc) is 3.37. The van der Waals surface area contributed by atoms with Gasteiger partial charge in [-0.15, -0.1) is 0 Å². The molecule has 2 heterocycles. The van der Waals surface area contributed by atoms with E-state index in [9.17, 15) is 9.59 Å². The predicted molar refractivity (Wildman–Crippen MR) is 106 cm³/mol. The van der Waals surface area contributed by atoms with Gasteiger partial charge in [-0.3, -0.25) is 9.69 Å². The van der Waals surface area contributed by atoms with Crippen molar-refractivity contribution in [2.24, 2.45) is 0 Å². The van der Waals surface area contributed by atoms with Crippen LogP contribution < -0.4 is 10.9 Å². The van der Waals surface area contributed by atoms with Gasteiger partial charge in [0, 0.05) is 38.1 Å². The first-order valence-electron chi connectivity index (χ1n) is 9.70. The summed E-state index contributed by atoms with van der Waals surface area (Å²) in [5.41, 5.74) is 2.72. The van der Waals surface area contributed by atoms with E-state index in [1.807, 2.05) is 32.9 Å². The molecule has 28 heavy (non-hydrogen) atoms. The van der Waals surface area contributed by atoms with Crippen LogP contribution in [0.1, 0.15) is 56.3 Å². The third kappa shape index (κ3) is 4.03. The number of hydrogen-bond donors (Lipinski definition) is 1. The highest BCUT2D eigenvalue weighted by atomic mass is 16.6. The van der Waals surface area contributed by atoms with Gasteiger partial charge in [-0.25, -0.2) is 9.78 Å². The Labute approximate surface area is 164 Å². The summed E-state index contributed by atoms with van der Waals surface area (Å²) in [5, 5.41) is 3.16. The van der Waals surface area contributed by atoms with Gasteiger partial charge in [-0.2, -0.15) is 0 Å². The van der Waals surface area contributed by atoms with Crippen LogP contribution >= 0.6 is 0 Å². The molecule has 1 aliphatic carbocycles. The minimum Gasteiger partial charge on any atom is -0.444 e. The second kappa shape index (κ2) is 6.96. The molecule has 1 aromatic heterocycles. The lowest BCUT2D eigenvalue weighted by atomic mass is 10.1. The summed E-state index contributed by atoms with van der Waals surface area (Å²) < 4.78 is 7.23. The zero-order valence-corrected chi connectivity index (χ0v) is 16.6. The number of nitrogens with zero attached hydrogens (tertiary/aromatic N) is 3. The number of carbonyl (C=O) groups excluding carboxylic acids is 1. The number of fused-ring (bicyclic) bond motifs is 1. The first kappa shape index (κ1) is 18.5. The van der Waals surface area contributed by atoms with Crippen LogP contribution in [0, 0.1) is 0 Å². The topological polar surface area (TPSA) is 76.5 Å². The monoisotopic (exact) mass is 382 g/mol. The van der Waals surface area contributed by atoms with E-state index in [4.69, 9.17) is 4.74 Å². The molecule has 148 valence electrons. The fraction of sp³-hybridized carbons (Fsp3) is 0.476. The zero-order valence-electron chi connectivity index (χ0n) is 16.6. The second-order valence-electron chi connectivity index (χ2n) is 8.51. The Morgan fingerprint density at radius 3 is 2.71 bits per heavy atom. The molecule has 1 amide bonds. The van der Waals surface area contributed by atoms with Crippen LogP contribution in [0.15, 0.2) is 35.4 Å². The molecule has 1 fully saturated rings. The minimum atomic E-state index is -0.503. The summed E-state index contributed by atoms with van der Waals surface area (Å²) in [6, 6.07) is 6.47. The molecule has 0 saturated heterocycles. The first-order chi connectivity index (χ1) is 13.3. The summed E-state index contributed by atoms with van der Waals surface area (Å²) in [5.74, 6) is 0.380. The SMILES string of the molecule is CC(C)(C)OC(=O)N1Cc2ccc(CNc3nccn(C4CC4)c3=O)cc2C1. The molecular formula is C21H26N4O3. The molecule has 7 heteroatoms. The van der Waals surface area contributed by atoms with Gasteiger partial charge in [-0.1, -0.05) is 18.2 Å². The van der Waals surface area contributed by atoms with E-state index in [1.165, 1.54) is 0 Å². The summed E-state index contributed by atoms with van der Waals surface area (Å²) in [7, 11) is 0. The minimum absolute atomic E-state index is 0.0674. The van der Waals surface area contributed by atoms with Crippen molar-refractivity contribution in [3.05, 3.63) is 57.6 Å². The zero-order chi connectivity index (χ0) is 19.9.